The number of carbonyl (C=O) groups is 1. The van der Waals surface area contributed by atoms with Gasteiger partial charge in [-0.3, -0.25) is 9.59 Å². The van der Waals surface area contributed by atoms with Crippen LogP contribution in [0.2, 0.25) is 0 Å². The lowest BCUT2D eigenvalue weighted by Gasteiger charge is -2.17. The number of carbonyl (C=O) groups excluding carboxylic acids is 1. The van der Waals surface area contributed by atoms with E-state index in [1.807, 2.05) is 37.3 Å². The average molecular weight is 271 g/mol. The van der Waals surface area contributed by atoms with Gasteiger partial charge in [-0.2, -0.15) is 5.10 Å². The quantitative estimate of drug-likeness (QED) is 0.853. The van der Waals surface area contributed by atoms with E-state index >= 15 is 0 Å². The zero-order valence-corrected chi connectivity index (χ0v) is 11.6. The molecule has 1 amide bonds. The number of para-hydroxylation sites is 1. The summed E-state index contributed by atoms with van der Waals surface area (Å²) in [4.78, 5) is 25.5. The molecule has 20 heavy (non-hydrogen) atoms. The summed E-state index contributed by atoms with van der Waals surface area (Å²) in [6.07, 6.45) is 0.791. The van der Waals surface area contributed by atoms with Gasteiger partial charge in [-0.25, -0.2) is 4.68 Å². The fourth-order valence-corrected chi connectivity index (χ4v) is 1.88. The van der Waals surface area contributed by atoms with Gasteiger partial charge in [-0.1, -0.05) is 25.1 Å². The molecule has 0 aliphatic carbocycles. The van der Waals surface area contributed by atoms with Crippen molar-refractivity contribution in [3.63, 3.8) is 0 Å². The first-order valence-corrected chi connectivity index (χ1v) is 6.54. The average Bonchev–Trinajstić information content (AvgIpc) is 2.49. The maximum Gasteiger partial charge on any atom is 0.278 e. The number of amides is 1. The molecule has 0 radical (unpaired) electrons. The van der Waals surface area contributed by atoms with Gasteiger partial charge in [0.15, 0.2) is 0 Å². The molecule has 0 saturated heterocycles. The predicted octanol–water partition coefficient (Wildman–Crippen LogP) is 1.93. The molecular formula is C15H17N3O2. The smallest absolute Gasteiger partial charge is 0.278 e. The van der Waals surface area contributed by atoms with E-state index in [9.17, 15) is 9.59 Å². The monoisotopic (exact) mass is 271 g/mol. The van der Waals surface area contributed by atoms with E-state index in [2.05, 4.69) is 5.10 Å². The fourth-order valence-electron chi connectivity index (χ4n) is 1.88. The minimum atomic E-state index is -0.235. The Bertz CT molecular complexity index is 650. The molecule has 1 aromatic heterocycles. The van der Waals surface area contributed by atoms with Crippen LogP contribution in [0.3, 0.4) is 0 Å². The third-order valence-corrected chi connectivity index (χ3v) is 2.97. The molecule has 0 atom stereocenters. The number of benzene rings is 1. The third kappa shape index (κ3) is 2.93. The molecule has 0 spiro atoms. The van der Waals surface area contributed by atoms with E-state index in [0.29, 0.717) is 6.54 Å². The Hall–Kier alpha value is -2.43. The van der Waals surface area contributed by atoms with Gasteiger partial charge < -0.3 is 4.90 Å². The second-order valence-corrected chi connectivity index (χ2v) is 4.48. The Morgan fingerprint density at radius 1 is 1.20 bits per heavy atom. The lowest BCUT2D eigenvalue weighted by Crippen LogP contribution is -2.31. The highest BCUT2D eigenvalue weighted by molar-refractivity contribution is 6.04. The number of anilines is 1. The molecule has 2 rings (SSSR count). The first kappa shape index (κ1) is 14.0. The predicted molar refractivity (Wildman–Crippen MR) is 78.0 cm³/mol. The zero-order chi connectivity index (χ0) is 14.5. The van der Waals surface area contributed by atoms with E-state index in [1.54, 1.807) is 7.05 Å². The van der Waals surface area contributed by atoms with Crippen molar-refractivity contribution in [3.05, 3.63) is 58.5 Å². The van der Waals surface area contributed by atoms with Gasteiger partial charge in [0.1, 0.15) is 5.69 Å². The lowest BCUT2D eigenvalue weighted by atomic mass is 10.2. The summed E-state index contributed by atoms with van der Waals surface area (Å²) >= 11 is 0. The van der Waals surface area contributed by atoms with Crippen LogP contribution in [0, 0.1) is 0 Å². The number of aryl methyl sites for hydroxylation is 1. The minimum Gasteiger partial charge on any atom is -0.310 e. The summed E-state index contributed by atoms with van der Waals surface area (Å²) in [7, 11) is 1.69. The van der Waals surface area contributed by atoms with E-state index < -0.39 is 0 Å². The molecule has 5 heteroatoms. The first-order chi connectivity index (χ1) is 9.63. The van der Waals surface area contributed by atoms with Crippen molar-refractivity contribution in [2.24, 2.45) is 0 Å². The van der Waals surface area contributed by atoms with Crippen LogP contribution in [0.4, 0.5) is 5.69 Å². The number of nitrogens with zero attached hydrogens (tertiary/aromatic N) is 3. The van der Waals surface area contributed by atoms with E-state index in [4.69, 9.17) is 0 Å². The van der Waals surface area contributed by atoms with Crippen molar-refractivity contribution in [1.82, 2.24) is 9.78 Å². The molecule has 0 fully saturated rings. The summed E-state index contributed by atoms with van der Waals surface area (Å²) in [5.74, 6) is -0.235. The Labute approximate surface area is 117 Å². The molecule has 104 valence electrons. The largest absolute Gasteiger partial charge is 0.310 e. The van der Waals surface area contributed by atoms with Crippen LogP contribution in [-0.4, -0.2) is 22.7 Å². The van der Waals surface area contributed by atoms with Gasteiger partial charge in [0.25, 0.3) is 11.5 Å². The lowest BCUT2D eigenvalue weighted by molar-refractivity contribution is 0.0985. The van der Waals surface area contributed by atoms with Crippen molar-refractivity contribution < 1.29 is 4.79 Å². The Morgan fingerprint density at radius 3 is 2.55 bits per heavy atom. The Kier molecular flexibility index (Phi) is 4.30. The molecule has 2 aromatic rings. The molecule has 0 N–H and O–H groups in total. The van der Waals surface area contributed by atoms with E-state index in [-0.39, 0.29) is 17.2 Å². The fraction of sp³-hybridized carbons (Fsp3) is 0.267. The highest BCUT2D eigenvalue weighted by atomic mass is 16.2. The van der Waals surface area contributed by atoms with Crippen LogP contribution in [0.15, 0.2) is 47.3 Å². The van der Waals surface area contributed by atoms with Gasteiger partial charge >= 0.3 is 0 Å². The first-order valence-electron chi connectivity index (χ1n) is 6.54. The van der Waals surface area contributed by atoms with Crippen LogP contribution < -0.4 is 10.5 Å². The van der Waals surface area contributed by atoms with Gasteiger partial charge in [-0.05, 0) is 24.6 Å². The highest BCUT2D eigenvalue weighted by Gasteiger charge is 2.15. The maximum absolute atomic E-state index is 12.4. The van der Waals surface area contributed by atoms with Gasteiger partial charge in [-0.15, -0.1) is 0 Å². The van der Waals surface area contributed by atoms with Crippen LogP contribution in [0.25, 0.3) is 0 Å². The second kappa shape index (κ2) is 6.14. The van der Waals surface area contributed by atoms with Crippen molar-refractivity contribution in [1.29, 1.82) is 0 Å². The maximum atomic E-state index is 12.4. The summed E-state index contributed by atoms with van der Waals surface area (Å²) < 4.78 is 1.33. The number of hydrogen-bond donors (Lipinski definition) is 0. The topological polar surface area (TPSA) is 55.2 Å². The second-order valence-electron chi connectivity index (χ2n) is 4.48. The van der Waals surface area contributed by atoms with Gasteiger partial charge in [0, 0.05) is 25.3 Å². The standard InChI is InChI=1S/C15H17N3O2/c1-3-11-18-14(19)10-9-13(16-18)15(20)17(2)12-7-5-4-6-8-12/h4-10H,3,11H2,1-2H3. The van der Waals surface area contributed by atoms with Crippen LogP contribution in [0.5, 0.6) is 0 Å². The molecule has 0 unspecified atom stereocenters. The SMILES string of the molecule is CCCn1nc(C(=O)N(C)c2ccccc2)ccc1=O. The molecule has 1 heterocycles. The number of aromatic nitrogens is 2. The molecule has 1 aromatic carbocycles. The summed E-state index contributed by atoms with van der Waals surface area (Å²) in [5.41, 5.74) is 0.864. The summed E-state index contributed by atoms with van der Waals surface area (Å²) in [6, 6.07) is 12.2. The third-order valence-electron chi connectivity index (χ3n) is 2.97. The van der Waals surface area contributed by atoms with Gasteiger partial charge in [0.2, 0.25) is 0 Å². The van der Waals surface area contributed by atoms with Crippen LogP contribution in [0.1, 0.15) is 23.8 Å². The molecule has 0 aliphatic rings. The number of rotatable bonds is 4. The number of hydrogen-bond acceptors (Lipinski definition) is 3. The normalized spacial score (nSPS) is 10.3. The van der Waals surface area contributed by atoms with Crippen molar-refractivity contribution in [3.8, 4) is 0 Å². The molecular weight excluding hydrogens is 254 g/mol. The molecule has 0 bridgehead atoms. The Morgan fingerprint density at radius 2 is 1.90 bits per heavy atom. The molecule has 0 aliphatic heterocycles. The molecule has 5 nitrogen and oxygen atoms in total. The van der Waals surface area contributed by atoms with Crippen LogP contribution in [-0.2, 0) is 6.54 Å². The minimum absolute atomic E-state index is 0.189. The summed E-state index contributed by atoms with van der Waals surface area (Å²) in [6.45, 7) is 2.47. The zero-order valence-electron chi connectivity index (χ0n) is 11.6. The molecule has 0 saturated carbocycles. The van der Waals surface area contributed by atoms with Crippen molar-refractivity contribution >= 4 is 11.6 Å². The van der Waals surface area contributed by atoms with Crippen molar-refractivity contribution in [2.45, 2.75) is 19.9 Å². The highest BCUT2D eigenvalue weighted by Crippen LogP contribution is 2.13. The van der Waals surface area contributed by atoms with Crippen molar-refractivity contribution in [2.75, 3.05) is 11.9 Å². The van der Waals surface area contributed by atoms with E-state index in [0.717, 1.165) is 12.1 Å². The van der Waals surface area contributed by atoms with Crippen LogP contribution >= 0.6 is 0 Å². The van der Waals surface area contributed by atoms with E-state index in [1.165, 1.54) is 21.7 Å². The Balaban J connectivity index is 2.29. The summed E-state index contributed by atoms with van der Waals surface area (Å²) in [5, 5.41) is 4.12. The van der Waals surface area contributed by atoms with Gasteiger partial charge in [0.05, 0.1) is 0 Å².